The molecule has 2 N–H and O–H groups in total. The number of amides is 1. The normalized spacial score (nSPS) is 19.0. The Morgan fingerprint density at radius 3 is 2.59 bits per heavy atom. The summed E-state index contributed by atoms with van der Waals surface area (Å²) in [5.74, 6) is -1.46. The lowest BCUT2D eigenvalue weighted by Crippen LogP contribution is -2.46. The molecule has 0 saturated carbocycles. The zero-order valence-electron chi connectivity index (χ0n) is 11.9. The van der Waals surface area contributed by atoms with Crippen molar-refractivity contribution in [1.29, 1.82) is 0 Å². The molecule has 1 aliphatic rings. The molecule has 1 aromatic carbocycles. The molecule has 8 heteroatoms. The van der Waals surface area contributed by atoms with Gasteiger partial charge in [0.15, 0.2) is 0 Å². The second-order valence-electron chi connectivity index (χ2n) is 5.02. The molecule has 1 atom stereocenters. The van der Waals surface area contributed by atoms with Crippen molar-refractivity contribution < 1.29 is 23.1 Å². The molecule has 1 aromatic rings. The van der Waals surface area contributed by atoms with E-state index in [-0.39, 0.29) is 24.4 Å². The molecule has 1 amide bonds. The lowest BCUT2D eigenvalue weighted by Gasteiger charge is -2.23. The molecule has 1 aliphatic heterocycles. The van der Waals surface area contributed by atoms with E-state index in [1.165, 1.54) is 16.4 Å². The van der Waals surface area contributed by atoms with Crippen LogP contribution < -0.4 is 5.32 Å². The molecule has 0 aliphatic carbocycles. The molecule has 1 heterocycles. The van der Waals surface area contributed by atoms with Gasteiger partial charge in [-0.05, 0) is 25.0 Å². The van der Waals surface area contributed by atoms with Crippen LogP contribution in [0.2, 0.25) is 0 Å². The lowest BCUT2D eigenvalue weighted by atomic mass is 10.2. The van der Waals surface area contributed by atoms with E-state index in [2.05, 4.69) is 5.32 Å². The summed E-state index contributed by atoms with van der Waals surface area (Å²) in [6, 6.07) is 7.19. The third kappa shape index (κ3) is 3.63. The molecular weight excluding hydrogens is 308 g/mol. The van der Waals surface area contributed by atoms with Gasteiger partial charge in [0.05, 0.1) is 11.3 Å². The van der Waals surface area contributed by atoms with Crippen molar-refractivity contribution in [2.45, 2.75) is 30.2 Å². The van der Waals surface area contributed by atoms with Crippen molar-refractivity contribution >= 4 is 21.9 Å². The summed E-state index contributed by atoms with van der Waals surface area (Å²) in [5, 5.41) is 11.0. The predicted molar refractivity (Wildman–Crippen MR) is 78.6 cm³/mol. The Balaban J connectivity index is 2.10. The molecule has 1 saturated heterocycles. The lowest BCUT2D eigenvalue weighted by molar-refractivity contribution is -0.137. The van der Waals surface area contributed by atoms with Gasteiger partial charge in [-0.3, -0.25) is 9.59 Å². The van der Waals surface area contributed by atoms with Crippen molar-refractivity contribution in [2.24, 2.45) is 0 Å². The Hall–Kier alpha value is -1.93. The van der Waals surface area contributed by atoms with Gasteiger partial charge in [0, 0.05) is 13.1 Å². The summed E-state index contributed by atoms with van der Waals surface area (Å²) in [6.45, 7) is 0.276. The number of benzene rings is 1. The number of nitrogens with one attached hydrogen (secondary N) is 1. The molecule has 0 bridgehead atoms. The third-order valence-electron chi connectivity index (χ3n) is 3.49. The van der Waals surface area contributed by atoms with Crippen LogP contribution in [0.5, 0.6) is 0 Å². The topological polar surface area (TPSA) is 104 Å². The summed E-state index contributed by atoms with van der Waals surface area (Å²) in [6.07, 6.45) is 0.845. The molecule has 2 rings (SSSR count). The van der Waals surface area contributed by atoms with Gasteiger partial charge in [-0.15, -0.1) is 0 Å². The minimum Gasteiger partial charge on any atom is -0.481 e. The van der Waals surface area contributed by atoms with Crippen molar-refractivity contribution in [3.8, 4) is 0 Å². The highest BCUT2D eigenvalue weighted by Crippen LogP contribution is 2.26. The molecule has 22 heavy (non-hydrogen) atoms. The highest BCUT2D eigenvalue weighted by atomic mass is 32.2. The van der Waals surface area contributed by atoms with Crippen molar-refractivity contribution in [2.75, 3.05) is 13.1 Å². The number of sulfonamides is 1. The van der Waals surface area contributed by atoms with E-state index in [1.54, 1.807) is 18.2 Å². The Morgan fingerprint density at radius 1 is 1.27 bits per heavy atom. The van der Waals surface area contributed by atoms with E-state index >= 15 is 0 Å². The number of hydrogen-bond acceptors (Lipinski definition) is 4. The van der Waals surface area contributed by atoms with E-state index in [1.807, 2.05) is 0 Å². The zero-order valence-corrected chi connectivity index (χ0v) is 12.8. The largest absolute Gasteiger partial charge is 0.481 e. The van der Waals surface area contributed by atoms with Crippen LogP contribution in [-0.4, -0.2) is 48.8 Å². The van der Waals surface area contributed by atoms with Gasteiger partial charge in [0.2, 0.25) is 15.9 Å². The van der Waals surface area contributed by atoms with Crippen LogP contribution in [0.25, 0.3) is 0 Å². The van der Waals surface area contributed by atoms with Gasteiger partial charge in [-0.2, -0.15) is 4.31 Å². The van der Waals surface area contributed by atoms with Crippen LogP contribution in [0.4, 0.5) is 0 Å². The molecule has 1 unspecified atom stereocenters. The van der Waals surface area contributed by atoms with Gasteiger partial charge in [0.1, 0.15) is 6.04 Å². The predicted octanol–water partition coefficient (Wildman–Crippen LogP) is 0.431. The van der Waals surface area contributed by atoms with Gasteiger partial charge in [0.25, 0.3) is 0 Å². The number of carbonyl (C=O) groups is 2. The van der Waals surface area contributed by atoms with Crippen molar-refractivity contribution in [1.82, 2.24) is 9.62 Å². The highest BCUT2D eigenvalue weighted by Gasteiger charge is 2.39. The molecule has 1 fully saturated rings. The summed E-state index contributed by atoms with van der Waals surface area (Å²) >= 11 is 0. The van der Waals surface area contributed by atoms with Crippen LogP contribution in [0.15, 0.2) is 35.2 Å². The molecule has 0 aromatic heterocycles. The second kappa shape index (κ2) is 6.89. The summed E-state index contributed by atoms with van der Waals surface area (Å²) in [5.41, 5.74) is 0. The van der Waals surface area contributed by atoms with Gasteiger partial charge in [-0.1, -0.05) is 18.2 Å². The average Bonchev–Trinajstić information content (AvgIpc) is 2.98. The molecular formula is C14H18N2O5S. The number of carboxylic acids is 1. The van der Waals surface area contributed by atoms with Crippen LogP contribution in [-0.2, 0) is 19.6 Å². The van der Waals surface area contributed by atoms with Crippen LogP contribution in [0, 0.1) is 0 Å². The van der Waals surface area contributed by atoms with Crippen LogP contribution >= 0.6 is 0 Å². The first kappa shape index (κ1) is 16.4. The molecule has 120 valence electrons. The zero-order chi connectivity index (χ0) is 16.2. The minimum atomic E-state index is -3.72. The number of nitrogens with zero attached hydrogens (tertiary/aromatic N) is 1. The van der Waals surface area contributed by atoms with Gasteiger partial charge >= 0.3 is 5.97 Å². The Labute approximate surface area is 129 Å². The van der Waals surface area contributed by atoms with Crippen molar-refractivity contribution in [3.05, 3.63) is 30.3 Å². The number of aliphatic carboxylic acids is 1. The minimum absolute atomic E-state index is 0.0100. The fraction of sp³-hybridized carbons (Fsp3) is 0.429. The SMILES string of the molecule is O=C(O)CCNC(=O)C1CCCN1S(=O)(=O)c1ccccc1. The number of carboxylic acid groups (broad SMARTS) is 1. The molecule has 0 spiro atoms. The maximum Gasteiger partial charge on any atom is 0.305 e. The number of hydrogen-bond donors (Lipinski definition) is 2. The first-order chi connectivity index (χ1) is 10.4. The number of rotatable bonds is 6. The Kier molecular flexibility index (Phi) is 5.15. The maximum atomic E-state index is 12.6. The number of carbonyl (C=O) groups excluding carboxylic acids is 1. The fourth-order valence-electron chi connectivity index (χ4n) is 2.43. The highest BCUT2D eigenvalue weighted by molar-refractivity contribution is 7.89. The quantitative estimate of drug-likeness (QED) is 0.789. The maximum absolute atomic E-state index is 12.6. The second-order valence-corrected chi connectivity index (χ2v) is 6.91. The van der Waals surface area contributed by atoms with Crippen LogP contribution in [0.1, 0.15) is 19.3 Å². The third-order valence-corrected chi connectivity index (χ3v) is 5.42. The van der Waals surface area contributed by atoms with E-state index in [0.29, 0.717) is 12.8 Å². The first-order valence-electron chi connectivity index (χ1n) is 6.99. The summed E-state index contributed by atoms with van der Waals surface area (Å²) in [7, 11) is -3.72. The van der Waals surface area contributed by atoms with Crippen molar-refractivity contribution in [3.63, 3.8) is 0 Å². The summed E-state index contributed by atoms with van der Waals surface area (Å²) < 4.78 is 26.4. The average molecular weight is 326 g/mol. The fourth-order valence-corrected chi connectivity index (χ4v) is 4.11. The molecule has 0 radical (unpaired) electrons. The van der Waals surface area contributed by atoms with E-state index in [0.717, 1.165) is 0 Å². The van der Waals surface area contributed by atoms with E-state index in [4.69, 9.17) is 5.11 Å². The standard InChI is InChI=1S/C14H18N2O5S/c17-13(18)8-9-15-14(19)12-7-4-10-16(12)22(20,21)11-5-2-1-3-6-11/h1-3,5-6,12H,4,7-10H2,(H,15,19)(H,17,18). The Morgan fingerprint density at radius 2 is 1.95 bits per heavy atom. The monoisotopic (exact) mass is 326 g/mol. The van der Waals surface area contributed by atoms with E-state index < -0.39 is 27.9 Å². The van der Waals surface area contributed by atoms with Crippen LogP contribution in [0.3, 0.4) is 0 Å². The van der Waals surface area contributed by atoms with Gasteiger partial charge in [-0.25, -0.2) is 8.42 Å². The first-order valence-corrected chi connectivity index (χ1v) is 8.43. The Bertz CT molecular complexity index is 644. The smallest absolute Gasteiger partial charge is 0.305 e. The van der Waals surface area contributed by atoms with E-state index in [9.17, 15) is 18.0 Å². The van der Waals surface area contributed by atoms with Gasteiger partial charge < -0.3 is 10.4 Å². The summed E-state index contributed by atoms with van der Waals surface area (Å²) in [4.78, 5) is 22.7. The molecule has 7 nitrogen and oxygen atoms in total.